The van der Waals surface area contributed by atoms with Crippen molar-refractivity contribution in [3.63, 3.8) is 0 Å². The number of fused-ring (bicyclic) bond motifs is 1. The monoisotopic (exact) mass is 499 g/mol. The summed E-state index contributed by atoms with van der Waals surface area (Å²) in [5, 5.41) is 9.02. The van der Waals surface area contributed by atoms with E-state index in [1.807, 2.05) is 42.9 Å². The van der Waals surface area contributed by atoms with Crippen molar-refractivity contribution >= 4 is 39.9 Å². The molecule has 3 aromatic rings. The van der Waals surface area contributed by atoms with Crippen molar-refractivity contribution in [1.82, 2.24) is 14.4 Å². The van der Waals surface area contributed by atoms with Gasteiger partial charge in [-0.15, -0.1) is 0 Å². The van der Waals surface area contributed by atoms with Gasteiger partial charge >= 0.3 is 0 Å². The van der Waals surface area contributed by atoms with E-state index in [-0.39, 0.29) is 11.5 Å². The SMILES string of the molecule is N#Cc1ccc(N2C[C@@H](N)C3(CCN(c4ncc(I)c5nccn45)CC3)C2)cc1. The number of nitrogens with zero attached hydrogens (tertiary/aromatic N) is 6. The molecule has 8 heteroatoms. The summed E-state index contributed by atoms with van der Waals surface area (Å²) in [6, 6.07) is 10.2. The molecular formula is C21H22IN7. The molecule has 1 atom stereocenters. The molecule has 4 heterocycles. The number of halogens is 1. The van der Waals surface area contributed by atoms with Crippen LogP contribution in [0, 0.1) is 20.3 Å². The van der Waals surface area contributed by atoms with Crippen LogP contribution in [-0.4, -0.2) is 46.6 Å². The van der Waals surface area contributed by atoms with Gasteiger partial charge in [-0.3, -0.25) is 4.40 Å². The first kappa shape index (κ1) is 18.6. The first-order chi connectivity index (χ1) is 14.1. The molecule has 7 nitrogen and oxygen atoms in total. The van der Waals surface area contributed by atoms with E-state index in [1.54, 1.807) is 0 Å². The lowest BCUT2D eigenvalue weighted by Gasteiger charge is -2.41. The smallest absolute Gasteiger partial charge is 0.211 e. The van der Waals surface area contributed by atoms with Gasteiger partial charge in [0, 0.05) is 61.9 Å². The van der Waals surface area contributed by atoms with Crippen LogP contribution in [0.5, 0.6) is 0 Å². The Hall–Kier alpha value is -2.38. The van der Waals surface area contributed by atoms with E-state index in [0.29, 0.717) is 5.56 Å². The first-order valence-electron chi connectivity index (χ1n) is 9.83. The second-order valence-corrected chi connectivity index (χ2v) is 9.18. The second-order valence-electron chi connectivity index (χ2n) is 8.02. The maximum Gasteiger partial charge on any atom is 0.211 e. The van der Waals surface area contributed by atoms with Crippen molar-refractivity contribution in [2.75, 3.05) is 36.0 Å². The van der Waals surface area contributed by atoms with Crippen molar-refractivity contribution in [3.05, 3.63) is 52.0 Å². The molecule has 2 fully saturated rings. The molecule has 0 amide bonds. The largest absolute Gasteiger partial charge is 0.369 e. The molecule has 148 valence electrons. The van der Waals surface area contributed by atoms with Gasteiger partial charge in [0.1, 0.15) is 0 Å². The molecule has 1 spiro atoms. The number of aromatic nitrogens is 3. The Morgan fingerprint density at radius 3 is 2.62 bits per heavy atom. The molecule has 2 aliphatic rings. The standard InChI is InChI=1S/C21H22IN7/c22-17-12-26-20(29-10-7-25-19(17)29)27-8-5-21(6-9-27)14-28(13-18(21)24)16-3-1-15(11-23)2-4-16/h1-4,7,10,12,18H,5-6,8-9,13-14,24H2/t18-/m1/s1. The van der Waals surface area contributed by atoms with Gasteiger partial charge in [0.25, 0.3) is 0 Å². The Morgan fingerprint density at radius 2 is 1.90 bits per heavy atom. The number of hydrogen-bond acceptors (Lipinski definition) is 6. The molecule has 0 radical (unpaired) electrons. The van der Waals surface area contributed by atoms with Gasteiger partial charge in [0.2, 0.25) is 5.95 Å². The number of benzene rings is 1. The van der Waals surface area contributed by atoms with Gasteiger partial charge < -0.3 is 15.5 Å². The number of nitrogens with two attached hydrogens (primary N) is 1. The number of piperidine rings is 1. The fourth-order valence-corrected chi connectivity index (χ4v) is 5.27. The maximum atomic E-state index is 9.02. The van der Waals surface area contributed by atoms with E-state index in [9.17, 15) is 0 Å². The van der Waals surface area contributed by atoms with E-state index in [2.05, 4.69) is 52.8 Å². The van der Waals surface area contributed by atoms with Gasteiger partial charge in [-0.2, -0.15) is 5.26 Å². The summed E-state index contributed by atoms with van der Waals surface area (Å²) in [6.07, 6.45) is 7.81. The fourth-order valence-electron chi connectivity index (χ4n) is 4.73. The summed E-state index contributed by atoms with van der Waals surface area (Å²) in [6.45, 7) is 3.71. The topological polar surface area (TPSA) is 86.5 Å². The van der Waals surface area contributed by atoms with E-state index >= 15 is 0 Å². The normalized spacial score (nSPS) is 21.1. The minimum absolute atomic E-state index is 0.127. The van der Waals surface area contributed by atoms with Crippen LogP contribution in [0.4, 0.5) is 11.6 Å². The van der Waals surface area contributed by atoms with Crippen LogP contribution < -0.4 is 15.5 Å². The molecule has 2 aromatic heterocycles. The lowest BCUT2D eigenvalue weighted by atomic mass is 9.75. The Labute approximate surface area is 183 Å². The predicted molar refractivity (Wildman–Crippen MR) is 121 cm³/mol. The molecule has 5 rings (SSSR count). The quantitative estimate of drug-likeness (QED) is 0.546. The number of rotatable bonds is 2. The van der Waals surface area contributed by atoms with Crippen LogP contribution in [0.25, 0.3) is 5.65 Å². The van der Waals surface area contributed by atoms with Crippen LogP contribution in [0.1, 0.15) is 18.4 Å². The summed E-state index contributed by atoms with van der Waals surface area (Å²) >= 11 is 2.28. The van der Waals surface area contributed by atoms with Crippen molar-refractivity contribution in [2.45, 2.75) is 18.9 Å². The van der Waals surface area contributed by atoms with Crippen LogP contribution in [0.3, 0.4) is 0 Å². The Kier molecular flexibility index (Phi) is 4.59. The zero-order valence-electron chi connectivity index (χ0n) is 16.0. The van der Waals surface area contributed by atoms with Gasteiger partial charge in [0.05, 0.1) is 15.2 Å². The average molecular weight is 499 g/mol. The lowest BCUT2D eigenvalue weighted by Crippen LogP contribution is -2.49. The van der Waals surface area contributed by atoms with E-state index in [0.717, 1.165) is 59.9 Å². The zero-order chi connectivity index (χ0) is 20.0. The predicted octanol–water partition coefficient (Wildman–Crippen LogP) is 2.64. The minimum Gasteiger partial charge on any atom is -0.369 e. The third-order valence-corrected chi connectivity index (χ3v) is 7.24. The first-order valence-corrected chi connectivity index (χ1v) is 10.9. The van der Waals surface area contributed by atoms with Gasteiger partial charge in [-0.1, -0.05) is 0 Å². The summed E-state index contributed by atoms with van der Waals surface area (Å²) in [5.74, 6) is 0.961. The van der Waals surface area contributed by atoms with Gasteiger partial charge in [-0.25, -0.2) is 9.97 Å². The molecule has 0 bridgehead atoms. The number of anilines is 2. The number of hydrogen-bond donors (Lipinski definition) is 1. The Morgan fingerprint density at radius 1 is 1.14 bits per heavy atom. The Bertz CT molecular complexity index is 1080. The van der Waals surface area contributed by atoms with Crippen LogP contribution in [0.15, 0.2) is 42.9 Å². The van der Waals surface area contributed by atoms with Crippen molar-refractivity contribution in [3.8, 4) is 6.07 Å². The summed E-state index contributed by atoms with van der Waals surface area (Å²) in [7, 11) is 0. The van der Waals surface area contributed by atoms with Crippen molar-refractivity contribution < 1.29 is 0 Å². The average Bonchev–Trinajstić information content (AvgIpc) is 3.36. The van der Waals surface area contributed by atoms with Crippen LogP contribution in [-0.2, 0) is 0 Å². The Balaban J connectivity index is 1.33. The van der Waals surface area contributed by atoms with E-state index in [4.69, 9.17) is 11.0 Å². The van der Waals surface area contributed by atoms with Crippen LogP contribution in [0.2, 0.25) is 0 Å². The highest BCUT2D eigenvalue weighted by atomic mass is 127. The van der Waals surface area contributed by atoms with E-state index in [1.165, 1.54) is 0 Å². The number of nitriles is 1. The molecule has 0 saturated carbocycles. The van der Waals surface area contributed by atoms with Crippen molar-refractivity contribution in [2.24, 2.45) is 11.1 Å². The molecule has 2 N–H and O–H groups in total. The highest BCUT2D eigenvalue weighted by molar-refractivity contribution is 14.1. The lowest BCUT2D eigenvalue weighted by molar-refractivity contribution is 0.220. The van der Waals surface area contributed by atoms with Crippen LogP contribution >= 0.6 is 22.6 Å². The molecule has 2 saturated heterocycles. The summed E-state index contributed by atoms with van der Waals surface area (Å²) < 4.78 is 3.14. The molecule has 0 unspecified atom stereocenters. The highest BCUT2D eigenvalue weighted by Crippen LogP contribution is 2.42. The minimum atomic E-state index is 0.127. The van der Waals surface area contributed by atoms with Gasteiger partial charge in [0.15, 0.2) is 5.65 Å². The molecule has 1 aromatic carbocycles. The van der Waals surface area contributed by atoms with Crippen molar-refractivity contribution in [1.29, 1.82) is 5.26 Å². The highest BCUT2D eigenvalue weighted by Gasteiger charge is 2.46. The number of imidazole rings is 1. The fraction of sp³-hybridized carbons (Fsp3) is 0.381. The molecule has 2 aliphatic heterocycles. The van der Waals surface area contributed by atoms with Gasteiger partial charge in [-0.05, 0) is 59.7 Å². The summed E-state index contributed by atoms with van der Waals surface area (Å²) in [5.41, 5.74) is 9.59. The molecular weight excluding hydrogens is 477 g/mol. The molecule has 0 aliphatic carbocycles. The third-order valence-electron chi connectivity index (χ3n) is 6.48. The maximum absolute atomic E-state index is 9.02. The molecule has 29 heavy (non-hydrogen) atoms. The van der Waals surface area contributed by atoms with E-state index < -0.39 is 0 Å². The zero-order valence-corrected chi connectivity index (χ0v) is 18.2. The second kappa shape index (κ2) is 7.15. The third kappa shape index (κ3) is 3.13. The summed E-state index contributed by atoms with van der Waals surface area (Å²) in [4.78, 5) is 13.9.